The molecule has 0 saturated carbocycles. The number of piperazine rings is 1. The van der Waals surface area contributed by atoms with Crippen LogP contribution in [0.3, 0.4) is 0 Å². The van der Waals surface area contributed by atoms with Gasteiger partial charge in [0.25, 0.3) is 0 Å². The van der Waals surface area contributed by atoms with Crippen molar-refractivity contribution in [2.24, 2.45) is 0 Å². The number of hydrogen-bond acceptors (Lipinski definition) is 5. The van der Waals surface area contributed by atoms with Gasteiger partial charge in [0.2, 0.25) is 5.91 Å². The number of rotatable bonds is 4. The number of benzene rings is 1. The lowest BCUT2D eigenvalue weighted by atomic mass is 10.2. The Morgan fingerprint density at radius 1 is 1.13 bits per heavy atom. The van der Waals surface area contributed by atoms with Crippen LogP contribution in [-0.2, 0) is 4.79 Å². The van der Waals surface area contributed by atoms with Crippen LogP contribution in [0.25, 0.3) is 0 Å². The van der Waals surface area contributed by atoms with E-state index < -0.39 is 0 Å². The molecule has 0 spiro atoms. The van der Waals surface area contributed by atoms with Gasteiger partial charge in [-0.25, -0.2) is 4.79 Å². The molecule has 7 nitrogen and oxygen atoms in total. The topological polar surface area (TPSA) is 65.1 Å². The lowest BCUT2D eigenvalue weighted by Crippen LogP contribution is -2.50. The average Bonchev–Trinajstić information content (AvgIpc) is 3.02. The third-order valence-electron chi connectivity index (χ3n) is 4.33. The Bertz CT molecular complexity index is 567. The molecule has 0 radical (unpaired) electrons. The van der Waals surface area contributed by atoms with Crippen LogP contribution in [0.5, 0.6) is 5.75 Å². The van der Waals surface area contributed by atoms with Crippen molar-refractivity contribution in [1.82, 2.24) is 15.1 Å². The first-order valence-electron chi connectivity index (χ1n) is 7.87. The second-order valence-corrected chi connectivity index (χ2v) is 5.74. The zero-order valence-electron chi connectivity index (χ0n) is 13.3. The quantitative estimate of drug-likeness (QED) is 0.869. The summed E-state index contributed by atoms with van der Waals surface area (Å²) in [5.74, 6) is 0.736. The van der Waals surface area contributed by atoms with Gasteiger partial charge in [-0.15, -0.1) is 0 Å². The minimum absolute atomic E-state index is 0.113. The molecule has 1 N–H and O–H groups in total. The van der Waals surface area contributed by atoms with E-state index in [2.05, 4.69) is 15.1 Å². The van der Waals surface area contributed by atoms with E-state index in [-0.39, 0.29) is 11.9 Å². The summed E-state index contributed by atoms with van der Waals surface area (Å²) in [4.78, 5) is 29.3. The molecular weight excluding hydrogens is 296 g/mol. The number of ether oxygens (including phenoxy) is 1. The number of nitrogens with zero attached hydrogens (tertiary/aromatic N) is 3. The number of imide groups is 1. The molecule has 1 aromatic rings. The highest BCUT2D eigenvalue weighted by molar-refractivity contribution is 5.96. The molecule has 2 aliphatic heterocycles. The van der Waals surface area contributed by atoms with Gasteiger partial charge in [-0.05, 0) is 24.3 Å². The molecule has 2 saturated heterocycles. The normalized spacial score (nSPS) is 18.9. The molecule has 23 heavy (non-hydrogen) atoms. The van der Waals surface area contributed by atoms with Crippen LogP contribution in [0.15, 0.2) is 24.3 Å². The standard InChI is InChI=1S/C16H22N4O3/c1-23-14-4-2-13(3-5-14)19-10-8-18(9-11-19)12-15(21)20-7-6-17-16(20)22/h2-5H,6-12H2,1H3,(H,17,22). The summed E-state index contributed by atoms with van der Waals surface area (Å²) in [6.07, 6.45) is 0. The smallest absolute Gasteiger partial charge is 0.324 e. The van der Waals surface area contributed by atoms with Gasteiger partial charge >= 0.3 is 6.03 Å². The molecule has 0 unspecified atom stereocenters. The fraction of sp³-hybridized carbons (Fsp3) is 0.500. The lowest BCUT2D eigenvalue weighted by molar-refractivity contribution is -0.128. The van der Waals surface area contributed by atoms with Crippen LogP contribution in [0.1, 0.15) is 0 Å². The number of amides is 3. The van der Waals surface area contributed by atoms with E-state index in [1.165, 1.54) is 4.90 Å². The van der Waals surface area contributed by atoms with Crippen LogP contribution in [0.2, 0.25) is 0 Å². The van der Waals surface area contributed by atoms with Crippen LogP contribution in [-0.4, -0.2) is 74.7 Å². The summed E-state index contributed by atoms with van der Waals surface area (Å²) in [7, 11) is 1.66. The van der Waals surface area contributed by atoms with Gasteiger partial charge in [0.1, 0.15) is 5.75 Å². The Kier molecular flexibility index (Phi) is 4.66. The Morgan fingerprint density at radius 3 is 2.39 bits per heavy atom. The Morgan fingerprint density at radius 2 is 1.83 bits per heavy atom. The Balaban J connectivity index is 1.49. The van der Waals surface area contributed by atoms with Gasteiger partial charge in [-0.1, -0.05) is 0 Å². The van der Waals surface area contributed by atoms with Crippen LogP contribution < -0.4 is 15.0 Å². The summed E-state index contributed by atoms with van der Waals surface area (Å²) in [5, 5.41) is 2.65. The molecule has 124 valence electrons. The summed E-state index contributed by atoms with van der Waals surface area (Å²) in [5.41, 5.74) is 1.16. The highest BCUT2D eigenvalue weighted by Gasteiger charge is 2.28. The van der Waals surface area contributed by atoms with Crippen molar-refractivity contribution in [3.05, 3.63) is 24.3 Å². The minimum atomic E-state index is -0.271. The number of hydrogen-bond donors (Lipinski definition) is 1. The SMILES string of the molecule is COc1ccc(N2CCN(CC(=O)N3CCNC3=O)CC2)cc1. The number of anilines is 1. The Labute approximate surface area is 135 Å². The maximum absolute atomic E-state index is 12.1. The highest BCUT2D eigenvalue weighted by Crippen LogP contribution is 2.20. The fourth-order valence-corrected chi connectivity index (χ4v) is 2.94. The van der Waals surface area contributed by atoms with Crippen LogP contribution in [0, 0.1) is 0 Å². The van der Waals surface area contributed by atoms with E-state index in [1.54, 1.807) is 7.11 Å². The molecule has 3 amide bonds. The van der Waals surface area contributed by atoms with E-state index in [0.717, 1.165) is 37.6 Å². The van der Waals surface area contributed by atoms with Gasteiger partial charge < -0.3 is 15.0 Å². The molecule has 2 fully saturated rings. The zero-order valence-corrected chi connectivity index (χ0v) is 13.3. The van der Waals surface area contributed by atoms with Crippen molar-refractivity contribution >= 4 is 17.6 Å². The molecule has 2 heterocycles. The van der Waals surface area contributed by atoms with Gasteiger partial charge in [-0.2, -0.15) is 0 Å². The molecule has 3 rings (SSSR count). The van der Waals surface area contributed by atoms with E-state index >= 15 is 0 Å². The number of carbonyl (C=O) groups excluding carboxylic acids is 2. The number of carbonyl (C=O) groups is 2. The summed E-state index contributed by atoms with van der Waals surface area (Å²) in [6.45, 7) is 4.70. The molecule has 1 aromatic carbocycles. The summed E-state index contributed by atoms with van der Waals surface area (Å²) in [6, 6.07) is 7.74. The molecular formula is C16H22N4O3. The van der Waals surface area contributed by atoms with Gasteiger partial charge in [0, 0.05) is 45.0 Å². The third-order valence-corrected chi connectivity index (χ3v) is 4.33. The largest absolute Gasteiger partial charge is 0.497 e. The van der Waals surface area contributed by atoms with Crippen molar-refractivity contribution in [3.8, 4) is 5.75 Å². The molecule has 2 aliphatic rings. The average molecular weight is 318 g/mol. The molecule has 7 heteroatoms. The van der Waals surface area contributed by atoms with E-state index in [1.807, 2.05) is 24.3 Å². The monoisotopic (exact) mass is 318 g/mol. The summed E-state index contributed by atoms with van der Waals surface area (Å²) < 4.78 is 5.17. The van der Waals surface area contributed by atoms with Gasteiger partial charge in [-0.3, -0.25) is 14.6 Å². The first kappa shape index (κ1) is 15.6. The maximum atomic E-state index is 12.1. The molecule has 0 aliphatic carbocycles. The second-order valence-electron chi connectivity index (χ2n) is 5.74. The van der Waals surface area contributed by atoms with Crippen molar-refractivity contribution in [1.29, 1.82) is 0 Å². The first-order valence-corrected chi connectivity index (χ1v) is 7.87. The predicted molar refractivity (Wildman–Crippen MR) is 86.8 cm³/mol. The highest BCUT2D eigenvalue weighted by atomic mass is 16.5. The number of nitrogens with one attached hydrogen (secondary N) is 1. The lowest BCUT2D eigenvalue weighted by Gasteiger charge is -2.36. The zero-order chi connectivity index (χ0) is 16.2. The van der Waals surface area contributed by atoms with E-state index in [0.29, 0.717) is 19.6 Å². The third kappa shape index (κ3) is 3.56. The van der Waals surface area contributed by atoms with Crippen LogP contribution >= 0.6 is 0 Å². The molecule has 0 bridgehead atoms. The van der Waals surface area contributed by atoms with Crippen LogP contribution in [0.4, 0.5) is 10.5 Å². The first-order chi connectivity index (χ1) is 11.2. The Hall–Kier alpha value is -2.28. The van der Waals surface area contributed by atoms with Crippen molar-refractivity contribution < 1.29 is 14.3 Å². The number of urea groups is 1. The molecule has 0 aromatic heterocycles. The van der Waals surface area contributed by atoms with E-state index in [9.17, 15) is 9.59 Å². The maximum Gasteiger partial charge on any atom is 0.324 e. The minimum Gasteiger partial charge on any atom is -0.497 e. The van der Waals surface area contributed by atoms with Gasteiger partial charge in [0.05, 0.1) is 13.7 Å². The van der Waals surface area contributed by atoms with E-state index in [4.69, 9.17) is 4.74 Å². The van der Waals surface area contributed by atoms with Crippen molar-refractivity contribution in [2.75, 3.05) is 57.8 Å². The van der Waals surface area contributed by atoms with Crippen molar-refractivity contribution in [3.63, 3.8) is 0 Å². The van der Waals surface area contributed by atoms with Crippen molar-refractivity contribution in [2.45, 2.75) is 0 Å². The fourth-order valence-electron chi connectivity index (χ4n) is 2.94. The van der Waals surface area contributed by atoms with Gasteiger partial charge in [0.15, 0.2) is 0 Å². The summed E-state index contributed by atoms with van der Waals surface area (Å²) >= 11 is 0. The second kappa shape index (κ2) is 6.87. The predicted octanol–water partition coefficient (Wildman–Crippen LogP) is 0.369. The molecule has 0 atom stereocenters. The number of methoxy groups -OCH3 is 1.